The number of hydrogen-bond acceptors (Lipinski definition) is 4. The summed E-state index contributed by atoms with van der Waals surface area (Å²) in [6.45, 7) is 0.0875. The molecule has 2 aliphatic rings. The van der Waals surface area contributed by atoms with Gasteiger partial charge in [-0.3, -0.25) is 10.1 Å². The number of thioether (sulfide) groups is 2. The van der Waals surface area contributed by atoms with Gasteiger partial charge in [-0.2, -0.15) is 0 Å². The highest BCUT2D eigenvalue weighted by Gasteiger charge is 2.54. The van der Waals surface area contributed by atoms with E-state index >= 15 is 8.63 Å². The molecule has 0 bridgehead atoms. The zero-order valence-electron chi connectivity index (χ0n) is 18.7. The number of non-ortho nitro benzene ring substituents is 1. The molecule has 0 unspecified atom stereocenters. The van der Waals surface area contributed by atoms with Crippen LogP contribution in [-0.4, -0.2) is 37.4 Å². The molecule has 3 heterocycles. The Morgan fingerprint density at radius 1 is 1.00 bits per heavy atom. The standard InChI is InChI=1S/C23H26BF2N3O2S2/c1-3-5-15-32-21-13-11-19-23(17-7-9-18(10-8-17)29(30)31)20-12-14-22(33-16-6-4-2)28(20)24(25,26)27(19)21/h7-14H,3-6,15-16H2,1-2H3. The lowest BCUT2D eigenvalue weighted by molar-refractivity contribution is -0.384. The van der Waals surface area contributed by atoms with Crippen LogP contribution < -0.4 is 0 Å². The summed E-state index contributed by atoms with van der Waals surface area (Å²) in [6, 6.07) is 9.66. The second kappa shape index (κ2) is 9.89. The molecule has 0 atom stereocenters. The van der Waals surface area contributed by atoms with Gasteiger partial charge in [0.05, 0.1) is 10.5 Å². The monoisotopic (exact) mass is 489 g/mol. The van der Waals surface area contributed by atoms with Gasteiger partial charge in [-0.05, 0) is 48.4 Å². The van der Waals surface area contributed by atoms with Gasteiger partial charge in [-0.25, -0.2) is 0 Å². The van der Waals surface area contributed by atoms with E-state index in [1.807, 2.05) is 0 Å². The molecule has 0 radical (unpaired) electrons. The van der Waals surface area contributed by atoms with Crippen molar-refractivity contribution < 1.29 is 18.0 Å². The quantitative estimate of drug-likeness (QED) is 0.128. The number of benzene rings is 1. The summed E-state index contributed by atoms with van der Waals surface area (Å²) in [5.41, 5.74) is 2.22. The molecule has 5 nitrogen and oxygen atoms in total. The Kier molecular flexibility index (Phi) is 7.14. The lowest BCUT2D eigenvalue weighted by Crippen LogP contribution is -2.51. The number of rotatable bonds is 9. The zero-order valence-corrected chi connectivity index (χ0v) is 20.3. The van der Waals surface area contributed by atoms with E-state index in [-0.39, 0.29) is 5.69 Å². The third-order valence-electron chi connectivity index (χ3n) is 5.76. The number of hydrogen-bond donors (Lipinski definition) is 0. The highest BCUT2D eigenvalue weighted by atomic mass is 32.2. The third-order valence-corrected chi connectivity index (χ3v) is 8.00. The molecule has 2 aliphatic heterocycles. The van der Waals surface area contributed by atoms with E-state index in [0.717, 1.165) is 37.2 Å². The van der Waals surface area contributed by atoms with E-state index in [1.54, 1.807) is 36.4 Å². The molecule has 1 aromatic heterocycles. The molecule has 33 heavy (non-hydrogen) atoms. The summed E-state index contributed by atoms with van der Waals surface area (Å²) in [7, 11) is 0. The van der Waals surface area contributed by atoms with Crippen molar-refractivity contribution in [2.24, 2.45) is 0 Å². The fourth-order valence-corrected chi connectivity index (χ4v) is 6.42. The molecule has 0 N–H and O–H groups in total. The smallest absolute Gasteiger partial charge is 0.389 e. The van der Waals surface area contributed by atoms with Crippen molar-refractivity contribution in [1.82, 2.24) is 4.48 Å². The largest absolute Gasteiger partial charge is 0.738 e. The molecule has 0 saturated carbocycles. The van der Waals surface area contributed by atoms with Crippen LogP contribution in [-0.2, 0) is 0 Å². The first-order valence-electron chi connectivity index (χ1n) is 11.2. The lowest BCUT2D eigenvalue weighted by Gasteiger charge is -2.33. The van der Waals surface area contributed by atoms with E-state index in [2.05, 4.69) is 13.8 Å². The van der Waals surface area contributed by atoms with Gasteiger partial charge >= 0.3 is 6.97 Å². The first-order valence-corrected chi connectivity index (χ1v) is 13.2. The minimum Gasteiger partial charge on any atom is -0.389 e. The van der Waals surface area contributed by atoms with Crippen LogP contribution in [0.3, 0.4) is 0 Å². The summed E-state index contributed by atoms with van der Waals surface area (Å²) in [5, 5.41) is 12.2. The number of fused-ring (bicyclic) bond motifs is 2. The van der Waals surface area contributed by atoms with Crippen LogP contribution in [0.1, 0.15) is 50.8 Å². The number of nitro groups is 1. The maximum Gasteiger partial charge on any atom is 0.738 e. The van der Waals surface area contributed by atoms with Crippen LogP contribution in [0.2, 0.25) is 0 Å². The van der Waals surface area contributed by atoms with Crippen molar-refractivity contribution in [2.45, 2.75) is 44.6 Å². The maximum atomic E-state index is 16.1. The van der Waals surface area contributed by atoms with E-state index in [9.17, 15) is 10.1 Å². The van der Waals surface area contributed by atoms with E-state index < -0.39 is 11.9 Å². The Morgan fingerprint density at radius 3 is 2.30 bits per heavy atom. The minimum atomic E-state index is -4.08. The van der Waals surface area contributed by atoms with Crippen LogP contribution in [0.25, 0.3) is 5.57 Å². The van der Waals surface area contributed by atoms with Gasteiger partial charge in [-0.15, -0.1) is 11.8 Å². The van der Waals surface area contributed by atoms with Gasteiger partial charge in [0.25, 0.3) is 5.69 Å². The number of nitro benzene ring substituents is 1. The van der Waals surface area contributed by atoms with Gasteiger partial charge < -0.3 is 17.6 Å². The summed E-state index contributed by atoms with van der Waals surface area (Å²) in [5.74, 6) is 1.55. The average Bonchev–Trinajstić information content (AvgIpc) is 3.41. The Morgan fingerprint density at radius 2 is 1.67 bits per heavy atom. The normalized spacial score (nSPS) is 16.4. The molecule has 0 fully saturated rings. The summed E-state index contributed by atoms with van der Waals surface area (Å²) >= 11 is 2.91. The summed E-state index contributed by atoms with van der Waals surface area (Å²) in [4.78, 5) is 10.7. The van der Waals surface area contributed by atoms with Gasteiger partial charge in [0.15, 0.2) is 10.7 Å². The lowest BCUT2D eigenvalue weighted by atomic mass is 9.86. The van der Waals surface area contributed by atoms with E-state index in [1.165, 1.54) is 44.6 Å². The number of nitrogens with zero attached hydrogens (tertiary/aromatic N) is 3. The van der Waals surface area contributed by atoms with E-state index in [0.29, 0.717) is 32.6 Å². The third kappa shape index (κ3) is 4.42. The number of halogens is 2. The van der Waals surface area contributed by atoms with Gasteiger partial charge in [0, 0.05) is 40.8 Å². The van der Waals surface area contributed by atoms with Gasteiger partial charge in [0.2, 0.25) is 0 Å². The highest BCUT2D eigenvalue weighted by Crippen LogP contribution is 2.43. The predicted molar refractivity (Wildman–Crippen MR) is 134 cm³/mol. The number of allylic oxidation sites excluding steroid dienone is 1. The molecule has 2 aromatic rings. The van der Waals surface area contributed by atoms with Crippen LogP contribution in [0.5, 0.6) is 0 Å². The summed E-state index contributed by atoms with van der Waals surface area (Å²) < 4.78 is 34.6. The first-order chi connectivity index (χ1) is 15.9. The Balaban J connectivity index is 1.88. The minimum absolute atomic E-state index is 0.0258. The Labute approximate surface area is 200 Å². The summed E-state index contributed by atoms with van der Waals surface area (Å²) in [6.07, 6.45) is 7.43. The van der Waals surface area contributed by atoms with Crippen molar-refractivity contribution in [3.05, 3.63) is 75.6 Å². The molecule has 0 saturated heterocycles. The predicted octanol–water partition coefficient (Wildman–Crippen LogP) is 6.80. The Hall–Kier alpha value is -2.33. The highest BCUT2D eigenvalue weighted by molar-refractivity contribution is 8.14. The van der Waals surface area contributed by atoms with Crippen LogP contribution in [0.4, 0.5) is 14.3 Å². The average molecular weight is 489 g/mol. The molecule has 174 valence electrons. The maximum absolute atomic E-state index is 16.1. The van der Waals surface area contributed by atoms with E-state index in [4.69, 9.17) is 0 Å². The van der Waals surface area contributed by atoms with Gasteiger partial charge in [0.1, 0.15) is 0 Å². The fraction of sp³-hybridized carbons (Fsp3) is 0.348. The van der Waals surface area contributed by atoms with Crippen molar-refractivity contribution in [1.29, 1.82) is 0 Å². The van der Waals surface area contributed by atoms with Crippen LogP contribution in [0, 0.1) is 10.1 Å². The molecule has 0 aliphatic carbocycles. The molecular weight excluding hydrogens is 463 g/mol. The molecule has 10 heteroatoms. The fourth-order valence-electron chi connectivity index (χ4n) is 4.08. The first kappa shape index (κ1) is 23.8. The Bertz CT molecular complexity index is 1160. The molecule has 4 rings (SSSR count). The number of unbranched alkanes of at least 4 members (excludes halogenated alkanes) is 2. The van der Waals surface area contributed by atoms with Crippen LogP contribution >= 0.6 is 23.5 Å². The van der Waals surface area contributed by atoms with Crippen LogP contribution in [0.15, 0.2) is 59.3 Å². The SMILES string of the molecule is CCCCSC1=[N+]2C(=C(c3ccc([N+](=O)[O-])cc3)c3ccc(SCCCC)n3[B-]2(F)F)C=C1. The van der Waals surface area contributed by atoms with Crippen molar-refractivity contribution in [3.63, 3.8) is 0 Å². The number of aromatic nitrogens is 1. The zero-order chi connectivity index (χ0) is 23.6. The second-order valence-corrected chi connectivity index (χ2v) is 10.3. The second-order valence-electron chi connectivity index (χ2n) is 8.02. The molecule has 0 amide bonds. The molecular formula is C23H26BF2N3O2S2. The van der Waals surface area contributed by atoms with Crippen molar-refractivity contribution in [2.75, 3.05) is 11.5 Å². The van der Waals surface area contributed by atoms with Crippen molar-refractivity contribution >= 4 is 46.8 Å². The van der Waals surface area contributed by atoms with Crippen molar-refractivity contribution in [3.8, 4) is 0 Å². The topological polar surface area (TPSA) is 51.1 Å². The molecule has 1 aromatic carbocycles. The molecule has 0 spiro atoms. The van der Waals surface area contributed by atoms with Gasteiger partial charge in [-0.1, -0.05) is 38.5 Å².